The highest BCUT2D eigenvalue weighted by Crippen LogP contribution is 2.28. The molecular weight excluding hydrogens is 293 g/mol. The van der Waals surface area contributed by atoms with E-state index in [9.17, 15) is 30.4 Å². The number of sulfone groups is 1. The lowest BCUT2D eigenvalue weighted by atomic mass is 10.2. The van der Waals surface area contributed by atoms with Crippen molar-refractivity contribution in [2.75, 3.05) is 12.3 Å². The molecule has 108 valence electrons. The molecular formula is C10H10F5NO2S. The molecule has 0 amide bonds. The second-order valence-electron chi connectivity index (χ2n) is 3.83. The van der Waals surface area contributed by atoms with Gasteiger partial charge in [0, 0.05) is 6.54 Å². The van der Waals surface area contributed by atoms with E-state index in [-0.39, 0.29) is 0 Å². The van der Waals surface area contributed by atoms with Gasteiger partial charge in [0.15, 0.2) is 21.5 Å². The van der Waals surface area contributed by atoms with E-state index in [0.717, 1.165) is 0 Å². The average molecular weight is 303 g/mol. The number of hydrogen-bond acceptors (Lipinski definition) is 3. The third-order valence-electron chi connectivity index (χ3n) is 2.42. The van der Waals surface area contributed by atoms with E-state index in [1.807, 2.05) is 0 Å². The van der Waals surface area contributed by atoms with Gasteiger partial charge >= 0.3 is 6.18 Å². The van der Waals surface area contributed by atoms with Crippen LogP contribution in [-0.4, -0.2) is 26.9 Å². The summed E-state index contributed by atoms with van der Waals surface area (Å²) < 4.78 is 86.1. The maximum Gasteiger partial charge on any atom is 0.394 e. The lowest BCUT2D eigenvalue weighted by Gasteiger charge is -2.18. The first-order valence-corrected chi connectivity index (χ1v) is 6.67. The molecule has 0 saturated heterocycles. The summed E-state index contributed by atoms with van der Waals surface area (Å²) in [6.07, 6.45) is -4.78. The topological polar surface area (TPSA) is 60.2 Å². The smallest absolute Gasteiger partial charge is 0.330 e. The Hall–Kier alpha value is -1.22. The summed E-state index contributed by atoms with van der Waals surface area (Å²) in [5, 5.41) is 0. The molecule has 1 rings (SSSR count). The van der Waals surface area contributed by atoms with E-state index < -0.39 is 50.8 Å². The Bertz CT molecular complexity index is 556. The Morgan fingerprint density at radius 3 is 2.16 bits per heavy atom. The van der Waals surface area contributed by atoms with E-state index >= 15 is 0 Å². The van der Waals surface area contributed by atoms with Crippen molar-refractivity contribution in [1.29, 1.82) is 0 Å². The second-order valence-corrected chi connectivity index (χ2v) is 5.87. The van der Waals surface area contributed by atoms with Crippen LogP contribution in [0.15, 0.2) is 23.1 Å². The number of halogens is 5. The van der Waals surface area contributed by atoms with Gasteiger partial charge in [-0.25, -0.2) is 17.2 Å². The van der Waals surface area contributed by atoms with Crippen LogP contribution < -0.4 is 5.73 Å². The van der Waals surface area contributed by atoms with E-state index in [1.54, 1.807) is 0 Å². The van der Waals surface area contributed by atoms with E-state index in [0.29, 0.717) is 18.2 Å². The monoisotopic (exact) mass is 303 g/mol. The molecule has 19 heavy (non-hydrogen) atoms. The molecule has 0 aromatic heterocycles. The van der Waals surface area contributed by atoms with Gasteiger partial charge in [-0.1, -0.05) is 0 Å². The van der Waals surface area contributed by atoms with Crippen LogP contribution in [0.2, 0.25) is 0 Å². The highest BCUT2D eigenvalue weighted by atomic mass is 32.2. The van der Waals surface area contributed by atoms with Gasteiger partial charge in [-0.2, -0.15) is 13.2 Å². The fourth-order valence-electron chi connectivity index (χ4n) is 1.33. The molecule has 0 aliphatic heterocycles. The molecule has 1 aromatic rings. The maximum atomic E-state index is 12.9. The van der Waals surface area contributed by atoms with Crippen molar-refractivity contribution >= 4 is 9.84 Å². The van der Waals surface area contributed by atoms with Crippen LogP contribution >= 0.6 is 0 Å². The summed E-state index contributed by atoms with van der Waals surface area (Å²) in [6.45, 7) is -0.910. The normalized spacial score (nSPS) is 14.4. The Labute approximate surface area is 106 Å². The number of benzene rings is 1. The van der Waals surface area contributed by atoms with Crippen molar-refractivity contribution in [3.05, 3.63) is 29.8 Å². The van der Waals surface area contributed by atoms with Gasteiger partial charge < -0.3 is 5.73 Å². The van der Waals surface area contributed by atoms with Gasteiger partial charge in [0.25, 0.3) is 0 Å². The average Bonchev–Trinajstić information content (AvgIpc) is 2.28. The molecule has 2 N–H and O–H groups in total. The third kappa shape index (κ3) is 3.87. The van der Waals surface area contributed by atoms with Crippen molar-refractivity contribution in [2.24, 2.45) is 11.7 Å². The predicted molar refractivity (Wildman–Crippen MR) is 57.0 cm³/mol. The van der Waals surface area contributed by atoms with Crippen molar-refractivity contribution in [3.63, 3.8) is 0 Å². The fourth-order valence-corrected chi connectivity index (χ4v) is 2.93. The highest BCUT2D eigenvalue weighted by molar-refractivity contribution is 7.91. The second kappa shape index (κ2) is 5.41. The fraction of sp³-hybridized carbons (Fsp3) is 0.400. The molecule has 0 aliphatic rings. The molecule has 1 atom stereocenters. The Morgan fingerprint density at radius 1 is 1.16 bits per heavy atom. The summed E-state index contributed by atoms with van der Waals surface area (Å²) in [6, 6.07) is 1.58. The van der Waals surface area contributed by atoms with Crippen LogP contribution in [0, 0.1) is 17.6 Å². The predicted octanol–water partition coefficient (Wildman–Crippen LogP) is 1.88. The van der Waals surface area contributed by atoms with Crippen LogP contribution in [-0.2, 0) is 9.84 Å². The number of hydrogen-bond donors (Lipinski definition) is 1. The van der Waals surface area contributed by atoms with Crippen molar-refractivity contribution in [1.82, 2.24) is 0 Å². The van der Waals surface area contributed by atoms with Crippen LogP contribution in [0.1, 0.15) is 0 Å². The minimum atomic E-state index is -4.78. The quantitative estimate of drug-likeness (QED) is 0.682. The highest BCUT2D eigenvalue weighted by Gasteiger charge is 2.41. The zero-order chi connectivity index (χ0) is 14.8. The first-order valence-electron chi connectivity index (χ1n) is 5.02. The first-order chi connectivity index (χ1) is 8.58. The van der Waals surface area contributed by atoms with Gasteiger partial charge in [0.05, 0.1) is 16.6 Å². The van der Waals surface area contributed by atoms with Crippen LogP contribution in [0.25, 0.3) is 0 Å². The minimum Gasteiger partial charge on any atom is -0.330 e. The first kappa shape index (κ1) is 15.8. The number of rotatable bonds is 4. The number of nitrogens with two attached hydrogens (primary N) is 1. The van der Waals surface area contributed by atoms with E-state index in [4.69, 9.17) is 5.73 Å². The zero-order valence-electron chi connectivity index (χ0n) is 9.42. The molecule has 0 saturated carbocycles. The molecule has 0 fully saturated rings. The molecule has 1 aromatic carbocycles. The van der Waals surface area contributed by atoms with E-state index in [2.05, 4.69) is 0 Å². The SMILES string of the molecule is NCC(CS(=O)(=O)c1ccc(F)c(F)c1)C(F)(F)F. The molecule has 0 heterocycles. The summed E-state index contributed by atoms with van der Waals surface area (Å²) in [5.74, 6) is -6.30. The Balaban J connectivity index is 3.07. The largest absolute Gasteiger partial charge is 0.394 e. The number of alkyl halides is 3. The zero-order valence-corrected chi connectivity index (χ0v) is 10.2. The maximum absolute atomic E-state index is 12.9. The summed E-state index contributed by atoms with van der Waals surface area (Å²) in [7, 11) is -4.40. The standard InChI is InChI=1S/C10H10F5NO2S/c11-8-2-1-7(3-9(8)12)19(17,18)5-6(4-16)10(13,14)15/h1-3,6H,4-5,16H2. The van der Waals surface area contributed by atoms with Crippen molar-refractivity contribution in [3.8, 4) is 0 Å². The summed E-state index contributed by atoms with van der Waals surface area (Å²) in [4.78, 5) is -0.714. The van der Waals surface area contributed by atoms with Gasteiger partial charge in [-0.15, -0.1) is 0 Å². The molecule has 1 unspecified atom stereocenters. The van der Waals surface area contributed by atoms with Gasteiger partial charge in [0.1, 0.15) is 0 Å². The molecule has 3 nitrogen and oxygen atoms in total. The summed E-state index contributed by atoms with van der Waals surface area (Å²) in [5.41, 5.74) is 4.88. The Kier molecular flexibility index (Phi) is 4.51. The van der Waals surface area contributed by atoms with Crippen LogP contribution in [0.3, 0.4) is 0 Å². The lowest BCUT2D eigenvalue weighted by Crippen LogP contribution is -2.36. The lowest BCUT2D eigenvalue weighted by molar-refractivity contribution is -0.165. The van der Waals surface area contributed by atoms with Crippen LogP contribution in [0.5, 0.6) is 0 Å². The van der Waals surface area contributed by atoms with Gasteiger partial charge in [0.2, 0.25) is 0 Å². The molecule has 0 spiro atoms. The minimum absolute atomic E-state index is 0.342. The van der Waals surface area contributed by atoms with Gasteiger partial charge in [-0.05, 0) is 18.2 Å². The van der Waals surface area contributed by atoms with Crippen molar-refractivity contribution in [2.45, 2.75) is 11.1 Å². The third-order valence-corrected chi connectivity index (χ3v) is 4.23. The molecule has 0 aliphatic carbocycles. The van der Waals surface area contributed by atoms with Crippen LogP contribution in [0.4, 0.5) is 22.0 Å². The van der Waals surface area contributed by atoms with Gasteiger partial charge in [-0.3, -0.25) is 0 Å². The molecule has 0 bridgehead atoms. The molecule has 9 heteroatoms. The van der Waals surface area contributed by atoms with Crippen molar-refractivity contribution < 1.29 is 30.4 Å². The van der Waals surface area contributed by atoms with E-state index in [1.165, 1.54) is 0 Å². The Morgan fingerprint density at radius 2 is 1.74 bits per heavy atom. The molecule has 0 radical (unpaired) electrons. The summed E-state index contributed by atoms with van der Waals surface area (Å²) >= 11 is 0.